The monoisotopic (exact) mass is 560 g/mol. The van der Waals surface area contributed by atoms with E-state index >= 15 is 0 Å². The van der Waals surface area contributed by atoms with E-state index in [1.807, 2.05) is 6.92 Å². The van der Waals surface area contributed by atoms with Gasteiger partial charge in [0.2, 0.25) is 10.0 Å². The van der Waals surface area contributed by atoms with Crippen LogP contribution in [0.15, 0.2) is 61.1 Å². The number of benzene rings is 1. The van der Waals surface area contributed by atoms with E-state index in [4.69, 9.17) is 16.3 Å². The van der Waals surface area contributed by atoms with Crippen LogP contribution in [0.1, 0.15) is 20.1 Å². The summed E-state index contributed by atoms with van der Waals surface area (Å²) in [4.78, 5) is 22.6. The Morgan fingerprint density at radius 1 is 1.16 bits per heavy atom. The second-order valence-corrected chi connectivity index (χ2v) is 11.5. The summed E-state index contributed by atoms with van der Waals surface area (Å²) < 4.78 is 44.8. The summed E-state index contributed by atoms with van der Waals surface area (Å²) in [6.07, 6.45) is 5.86. The number of nitrogens with one attached hydrogen (secondary N) is 2. The van der Waals surface area contributed by atoms with E-state index in [0.717, 1.165) is 22.9 Å². The predicted octanol–water partition coefficient (Wildman–Crippen LogP) is 5.55. The molecule has 0 unspecified atom stereocenters. The second kappa shape index (κ2) is 11.2. The normalized spacial score (nSPS) is 11.2. The van der Waals surface area contributed by atoms with E-state index in [-0.39, 0.29) is 16.6 Å². The van der Waals surface area contributed by atoms with E-state index in [2.05, 4.69) is 20.0 Å². The second-order valence-electron chi connectivity index (χ2n) is 8.10. The number of thiophene rings is 1. The van der Waals surface area contributed by atoms with Crippen LogP contribution in [0.5, 0.6) is 5.75 Å². The van der Waals surface area contributed by atoms with Crippen molar-refractivity contribution in [3.63, 3.8) is 0 Å². The SMILES string of the molecule is Cc1sc(C(=O)Nc2cc(Cl)cc(NS(C)(=O)=O)c2)cc1-c1ncccc1OCCc1cncc(F)c1. The summed E-state index contributed by atoms with van der Waals surface area (Å²) in [5.74, 6) is -0.255. The molecule has 4 aromatic rings. The lowest BCUT2D eigenvalue weighted by molar-refractivity contribution is 0.103. The van der Waals surface area contributed by atoms with Gasteiger partial charge in [0.25, 0.3) is 5.91 Å². The van der Waals surface area contributed by atoms with E-state index in [1.54, 1.807) is 30.6 Å². The minimum absolute atomic E-state index is 0.234. The molecule has 1 amide bonds. The van der Waals surface area contributed by atoms with Crippen molar-refractivity contribution in [3.05, 3.63) is 87.2 Å². The lowest BCUT2D eigenvalue weighted by atomic mass is 10.1. The van der Waals surface area contributed by atoms with Crippen molar-refractivity contribution in [2.45, 2.75) is 13.3 Å². The lowest BCUT2D eigenvalue weighted by Gasteiger charge is -2.10. The average Bonchev–Trinajstić information content (AvgIpc) is 3.19. The van der Waals surface area contributed by atoms with Gasteiger partial charge in [0.15, 0.2) is 0 Å². The molecule has 0 spiro atoms. The fraction of sp³-hybridized carbons (Fsp3) is 0.160. The number of pyridine rings is 2. The van der Waals surface area contributed by atoms with Gasteiger partial charge in [0.05, 0.1) is 29.6 Å². The minimum Gasteiger partial charge on any atom is -0.491 e. The molecule has 192 valence electrons. The molecule has 0 fully saturated rings. The van der Waals surface area contributed by atoms with Gasteiger partial charge < -0.3 is 10.1 Å². The largest absolute Gasteiger partial charge is 0.491 e. The standard InChI is InChI=1S/C25H22ClFN4O4S2/c1-15-21(24-22(4-3-6-29-24)35-7-5-16-8-18(27)14-28-13-16)12-23(36-15)25(32)30-19-9-17(26)10-20(11-19)31-37(2,33)34/h3-4,6,8-14,31H,5,7H2,1-2H3,(H,30,32). The maximum Gasteiger partial charge on any atom is 0.265 e. The smallest absolute Gasteiger partial charge is 0.265 e. The highest BCUT2D eigenvalue weighted by molar-refractivity contribution is 7.92. The van der Waals surface area contributed by atoms with Crippen molar-refractivity contribution in [1.29, 1.82) is 0 Å². The Morgan fingerprint density at radius 3 is 2.70 bits per heavy atom. The van der Waals surface area contributed by atoms with Crippen molar-refractivity contribution >= 4 is 50.2 Å². The van der Waals surface area contributed by atoms with Crippen molar-refractivity contribution in [3.8, 4) is 17.0 Å². The molecule has 8 nitrogen and oxygen atoms in total. The molecule has 0 radical (unpaired) electrons. The Kier molecular flexibility index (Phi) is 8.06. The molecule has 12 heteroatoms. The molecule has 0 aliphatic heterocycles. The minimum atomic E-state index is -3.51. The number of hydrogen-bond donors (Lipinski definition) is 2. The quantitative estimate of drug-likeness (QED) is 0.278. The lowest BCUT2D eigenvalue weighted by Crippen LogP contribution is -2.12. The topological polar surface area (TPSA) is 110 Å². The van der Waals surface area contributed by atoms with E-state index in [1.165, 1.54) is 35.6 Å². The fourth-order valence-corrected chi connectivity index (χ4v) is 5.23. The first-order valence-corrected chi connectivity index (χ1v) is 14.0. The zero-order valence-electron chi connectivity index (χ0n) is 19.8. The Labute approximate surface area is 222 Å². The van der Waals surface area contributed by atoms with E-state index in [0.29, 0.717) is 40.6 Å². The van der Waals surface area contributed by atoms with Crippen molar-refractivity contribution in [2.24, 2.45) is 0 Å². The molecule has 0 aliphatic rings. The van der Waals surface area contributed by atoms with Gasteiger partial charge in [-0.1, -0.05) is 11.6 Å². The van der Waals surface area contributed by atoms with Crippen LogP contribution in [0, 0.1) is 12.7 Å². The van der Waals surface area contributed by atoms with Gasteiger partial charge in [-0.05, 0) is 55.0 Å². The fourth-order valence-electron chi connectivity index (χ4n) is 3.54. The zero-order valence-corrected chi connectivity index (χ0v) is 22.2. The van der Waals surface area contributed by atoms with Crippen LogP contribution in [0.3, 0.4) is 0 Å². The maximum absolute atomic E-state index is 13.4. The first kappa shape index (κ1) is 26.5. The summed E-state index contributed by atoms with van der Waals surface area (Å²) in [5.41, 5.74) is 2.60. The number of carbonyl (C=O) groups is 1. The number of rotatable bonds is 9. The molecule has 0 saturated carbocycles. The number of amides is 1. The number of aromatic nitrogens is 2. The van der Waals surface area contributed by atoms with Gasteiger partial charge >= 0.3 is 0 Å². The number of aryl methyl sites for hydroxylation is 1. The highest BCUT2D eigenvalue weighted by Gasteiger charge is 2.18. The molecule has 1 aromatic carbocycles. The summed E-state index contributed by atoms with van der Waals surface area (Å²) in [6, 6.07) is 11.1. The average molecular weight is 561 g/mol. The van der Waals surface area contributed by atoms with Crippen LogP contribution < -0.4 is 14.8 Å². The van der Waals surface area contributed by atoms with Crippen LogP contribution >= 0.6 is 22.9 Å². The molecular weight excluding hydrogens is 539 g/mol. The van der Waals surface area contributed by atoms with Gasteiger partial charge in [-0.2, -0.15) is 0 Å². The molecule has 37 heavy (non-hydrogen) atoms. The third-order valence-electron chi connectivity index (χ3n) is 5.04. The highest BCUT2D eigenvalue weighted by Crippen LogP contribution is 2.35. The van der Waals surface area contributed by atoms with Gasteiger partial charge in [0, 0.05) is 40.0 Å². The number of anilines is 2. The maximum atomic E-state index is 13.4. The van der Waals surface area contributed by atoms with Crippen LogP contribution in [-0.2, 0) is 16.4 Å². The van der Waals surface area contributed by atoms with E-state index < -0.39 is 15.8 Å². The van der Waals surface area contributed by atoms with Crippen LogP contribution in [0.25, 0.3) is 11.3 Å². The Bertz CT molecular complexity index is 1560. The number of sulfonamides is 1. The number of carbonyl (C=O) groups excluding carboxylic acids is 1. The predicted molar refractivity (Wildman–Crippen MR) is 144 cm³/mol. The first-order chi connectivity index (χ1) is 17.6. The zero-order chi connectivity index (χ0) is 26.6. The summed E-state index contributed by atoms with van der Waals surface area (Å²) in [6.45, 7) is 2.17. The van der Waals surface area contributed by atoms with Gasteiger partial charge in [-0.25, -0.2) is 12.8 Å². The van der Waals surface area contributed by atoms with Crippen LogP contribution in [0.2, 0.25) is 5.02 Å². The van der Waals surface area contributed by atoms with Gasteiger partial charge in [-0.15, -0.1) is 11.3 Å². The third-order valence-corrected chi connectivity index (χ3v) is 6.91. The van der Waals surface area contributed by atoms with Gasteiger partial charge in [-0.3, -0.25) is 19.5 Å². The molecule has 0 saturated heterocycles. The number of ether oxygens (including phenoxy) is 1. The van der Waals surface area contributed by atoms with Crippen molar-refractivity contribution in [2.75, 3.05) is 22.9 Å². The Balaban J connectivity index is 1.50. The molecule has 0 bridgehead atoms. The van der Waals surface area contributed by atoms with Crippen molar-refractivity contribution < 1.29 is 22.3 Å². The Hall–Kier alpha value is -3.54. The summed E-state index contributed by atoms with van der Waals surface area (Å²) in [5, 5.41) is 3.01. The van der Waals surface area contributed by atoms with Crippen molar-refractivity contribution in [1.82, 2.24) is 9.97 Å². The molecule has 0 aliphatic carbocycles. The van der Waals surface area contributed by atoms with Gasteiger partial charge in [0.1, 0.15) is 17.3 Å². The van der Waals surface area contributed by atoms with E-state index in [9.17, 15) is 17.6 Å². The molecule has 3 heterocycles. The first-order valence-electron chi connectivity index (χ1n) is 11.0. The number of hydrogen-bond acceptors (Lipinski definition) is 7. The molecule has 0 atom stereocenters. The highest BCUT2D eigenvalue weighted by atomic mass is 35.5. The molecular formula is C25H22ClFN4O4S2. The van der Waals surface area contributed by atoms with Crippen LogP contribution in [0.4, 0.5) is 15.8 Å². The molecule has 4 rings (SSSR count). The molecule has 3 aromatic heterocycles. The summed E-state index contributed by atoms with van der Waals surface area (Å²) in [7, 11) is -3.51. The summed E-state index contributed by atoms with van der Waals surface area (Å²) >= 11 is 7.38. The third kappa shape index (κ3) is 7.25. The Morgan fingerprint density at radius 2 is 1.95 bits per heavy atom. The van der Waals surface area contributed by atoms with Crippen LogP contribution in [-0.4, -0.2) is 37.2 Å². The molecule has 2 N–H and O–H groups in total. The number of nitrogens with zero attached hydrogens (tertiary/aromatic N) is 2. The number of halogens is 2.